The molecule has 6 heteroatoms. The number of amides is 1. The molecule has 2 aliphatic rings. The van der Waals surface area contributed by atoms with Gasteiger partial charge in [0.1, 0.15) is 6.61 Å². The highest BCUT2D eigenvalue weighted by molar-refractivity contribution is 7.15. The lowest BCUT2D eigenvalue weighted by Gasteiger charge is -2.23. The number of phenolic OH excluding ortho intramolecular Hbond substituents is 1. The summed E-state index contributed by atoms with van der Waals surface area (Å²) in [7, 11) is 0. The Balaban J connectivity index is 1.69. The van der Waals surface area contributed by atoms with E-state index in [1.54, 1.807) is 22.3 Å². The number of carbonyl (C=O) groups is 1. The van der Waals surface area contributed by atoms with E-state index in [4.69, 9.17) is 10.5 Å². The summed E-state index contributed by atoms with van der Waals surface area (Å²) in [5.41, 5.74) is 7.15. The SMILES string of the molecule is Cc1ccc(-c2cc(O)c3c(c2)CN(C(=O)C2(N)CC2)CCO3)s1. The average molecular weight is 344 g/mol. The molecule has 0 radical (unpaired) electrons. The van der Waals surface area contributed by atoms with Gasteiger partial charge >= 0.3 is 0 Å². The summed E-state index contributed by atoms with van der Waals surface area (Å²) in [6.07, 6.45) is 1.49. The predicted molar refractivity (Wildman–Crippen MR) is 93.2 cm³/mol. The highest BCUT2D eigenvalue weighted by Gasteiger charge is 2.48. The lowest BCUT2D eigenvalue weighted by molar-refractivity contribution is -0.134. The van der Waals surface area contributed by atoms with Gasteiger partial charge in [0.2, 0.25) is 5.91 Å². The molecule has 1 aliphatic heterocycles. The summed E-state index contributed by atoms with van der Waals surface area (Å²) in [5, 5.41) is 10.4. The van der Waals surface area contributed by atoms with E-state index >= 15 is 0 Å². The van der Waals surface area contributed by atoms with Crippen LogP contribution >= 0.6 is 11.3 Å². The first-order valence-electron chi connectivity index (χ1n) is 8.10. The fraction of sp³-hybridized carbons (Fsp3) is 0.389. The van der Waals surface area contributed by atoms with Crippen molar-refractivity contribution in [1.29, 1.82) is 0 Å². The molecule has 1 aromatic carbocycles. The highest BCUT2D eigenvalue weighted by atomic mass is 32.1. The first kappa shape index (κ1) is 15.5. The third-order valence-corrected chi connectivity index (χ3v) is 5.69. The lowest BCUT2D eigenvalue weighted by atomic mass is 10.1. The molecule has 0 atom stereocenters. The van der Waals surface area contributed by atoms with Crippen LogP contribution in [-0.4, -0.2) is 34.6 Å². The van der Waals surface area contributed by atoms with Crippen LogP contribution < -0.4 is 10.5 Å². The van der Waals surface area contributed by atoms with E-state index < -0.39 is 5.54 Å². The summed E-state index contributed by atoms with van der Waals surface area (Å²) >= 11 is 1.67. The lowest BCUT2D eigenvalue weighted by Crippen LogP contribution is -2.46. The number of aryl methyl sites for hydroxylation is 1. The molecule has 1 amide bonds. The number of nitrogens with two attached hydrogens (primary N) is 1. The van der Waals surface area contributed by atoms with Gasteiger partial charge in [0.05, 0.1) is 12.1 Å². The molecule has 1 fully saturated rings. The molecule has 0 unspecified atom stereocenters. The Bertz CT molecular complexity index is 811. The molecule has 1 saturated carbocycles. The number of fused-ring (bicyclic) bond motifs is 1. The zero-order chi connectivity index (χ0) is 16.9. The van der Waals surface area contributed by atoms with Crippen LogP contribution in [0.5, 0.6) is 11.5 Å². The van der Waals surface area contributed by atoms with Gasteiger partial charge in [0.15, 0.2) is 11.5 Å². The average Bonchev–Trinajstić information content (AvgIpc) is 3.22. The molecule has 3 N–H and O–H groups in total. The van der Waals surface area contributed by atoms with Crippen molar-refractivity contribution in [2.75, 3.05) is 13.2 Å². The van der Waals surface area contributed by atoms with Crippen molar-refractivity contribution < 1.29 is 14.6 Å². The summed E-state index contributed by atoms with van der Waals surface area (Å²) in [6, 6.07) is 7.83. The van der Waals surface area contributed by atoms with Crippen LogP contribution in [0.4, 0.5) is 0 Å². The third kappa shape index (κ3) is 2.65. The minimum Gasteiger partial charge on any atom is -0.504 e. The molecule has 126 valence electrons. The van der Waals surface area contributed by atoms with E-state index in [2.05, 4.69) is 13.0 Å². The van der Waals surface area contributed by atoms with Crippen LogP contribution in [0.15, 0.2) is 24.3 Å². The fourth-order valence-electron chi connectivity index (χ4n) is 3.07. The smallest absolute Gasteiger partial charge is 0.243 e. The number of aromatic hydroxyl groups is 1. The molecule has 0 bridgehead atoms. The largest absolute Gasteiger partial charge is 0.504 e. The number of hydrogen-bond acceptors (Lipinski definition) is 5. The number of nitrogens with zero attached hydrogens (tertiary/aromatic N) is 1. The van der Waals surface area contributed by atoms with Gasteiger partial charge in [0.25, 0.3) is 0 Å². The monoisotopic (exact) mass is 344 g/mol. The molecule has 1 aromatic heterocycles. The normalized spacial score (nSPS) is 18.5. The van der Waals surface area contributed by atoms with Crippen LogP contribution in [0, 0.1) is 6.92 Å². The van der Waals surface area contributed by atoms with Crippen LogP contribution in [0.3, 0.4) is 0 Å². The quantitative estimate of drug-likeness (QED) is 0.878. The van der Waals surface area contributed by atoms with Crippen molar-refractivity contribution in [3.63, 3.8) is 0 Å². The van der Waals surface area contributed by atoms with Crippen molar-refractivity contribution in [3.05, 3.63) is 34.7 Å². The van der Waals surface area contributed by atoms with E-state index in [1.165, 1.54) is 4.88 Å². The second-order valence-electron chi connectivity index (χ2n) is 6.63. The zero-order valence-electron chi connectivity index (χ0n) is 13.5. The van der Waals surface area contributed by atoms with Crippen LogP contribution in [0.1, 0.15) is 23.3 Å². The fourth-order valence-corrected chi connectivity index (χ4v) is 3.92. The number of carbonyl (C=O) groups excluding carboxylic acids is 1. The number of rotatable bonds is 2. The second-order valence-corrected chi connectivity index (χ2v) is 7.91. The Morgan fingerprint density at radius 3 is 2.83 bits per heavy atom. The predicted octanol–water partition coefficient (Wildman–Crippen LogP) is 2.64. The van der Waals surface area contributed by atoms with Gasteiger partial charge in [-0.05, 0) is 49.6 Å². The number of ether oxygens (including phenoxy) is 1. The molecule has 5 nitrogen and oxygen atoms in total. The van der Waals surface area contributed by atoms with Crippen LogP contribution in [0.25, 0.3) is 10.4 Å². The van der Waals surface area contributed by atoms with Gasteiger partial charge in [-0.2, -0.15) is 0 Å². The molecular weight excluding hydrogens is 324 g/mol. The van der Waals surface area contributed by atoms with Gasteiger partial charge in [-0.15, -0.1) is 11.3 Å². The number of thiophene rings is 1. The molecule has 2 aromatic rings. The molecule has 0 spiro atoms. The zero-order valence-corrected chi connectivity index (χ0v) is 14.4. The highest BCUT2D eigenvalue weighted by Crippen LogP contribution is 2.40. The molecule has 4 rings (SSSR count). The van der Waals surface area contributed by atoms with Gasteiger partial charge < -0.3 is 20.5 Å². The third-order valence-electron chi connectivity index (χ3n) is 4.64. The molecule has 1 aliphatic carbocycles. The Morgan fingerprint density at radius 2 is 2.17 bits per heavy atom. The Kier molecular flexibility index (Phi) is 3.54. The Hall–Kier alpha value is -2.05. The van der Waals surface area contributed by atoms with Crippen molar-refractivity contribution in [2.24, 2.45) is 5.73 Å². The van der Waals surface area contributed by atoms with Crippen molar-refractivity contribution >= 4 is 17.2 Å². The Labute approximate surface area is 144 Å². The van der Waals surface area contributed by atoms with E-state index in [-0.39, 0.29) is 11.7 Å². The molecule has 24 heavy (non-hydrogen) atoms. The number of benzene rings is 1. The maximum absolute atomic E-state index is 12.6. The van der Waals surface area contributed by atoms with Crippen molar-refractivity contribution in [3.8, 4) is 21.9 Å². The first-order chi connectivity index (χ1) is 11.5. The molecular formula is C18H20N2O3S. The van der Waals surface area contributed by atoms with Gasteiger partial charge in [0, 0.05) is 21.9 Å². The van der Waals surface area contributed by atoms with E-state index in [0.29, 0.717) is 25.4 Å². The topological polar surface area (TPSA) is 75.8 Å². The van der Waals surface area contributed by atoms with Gasteiger partial charge in [-0.3, -0.25) is 4.79 Å². The van der Waals surface area contributed by atoms with Gasteiger partial charge in [-0.1, -0.05) is 0 Å². The molecule has 2 heterocycles. The summed E-state index contributed by atoms with van der Waals surface area (Å²) in [4.78, 5) is 16.6. The minimum atomic E-state index is -0.685. The second kappa shape index (κ2) is 5.50. The molecule has 0 saturated heterocycles. The van der Waals surface area contributed by atoms with Crippen LogP contribution in [0.2, 0.25) is 0 Å². The summed E-state index contributed by atoms with van der Waals surface area (Å²) in [5.74, 6) is 0.580. The minimum absolute atomic E-state index is 0.0178. The van der Waals surface area contributed by atoms with Crippen molar-refractivity contribution in [1.82, 2.24) is 4.90 Å². The number of phenols is 1. The maximum Gasteiger partial charge on any atom is 0.243 e. The van der Waals surface area contributed by atoms with E-state index in [0.717, 1.165) is 28.8 Å². The van der Waals surface area contributed by atoms with Crippen LogP contribution in [-0.2, 0) is 11.3 Å². The first-order valence-corrected chi connectivity index (χ1v) is 8.92. The van der Waals surface area contributed by atoms with Gasteiger partial charge in [-0.25, -0.2) is 0 Å². The number of hydrogen-bond donors (Lipinski definition) is 2. The Morgan fingerprint density at radius 1 is 1.38 bits per heavy atom. The summed E-state index contributed by atoms with van der Waals surface area (Å²) < 4.78 is 5.71. The van der Waals surface area contributed by atoms with Crippen molar-refractivity contribution in [2.45, 2.75) is 31.8 Å². The van der Waals surface area contributed by atoms with E-state index in [9.17, 15) is 9.90 Å². The summed E-state index contributed by atoms with van der Waals surface area (Å²) in [6.45, 7) is 3.31. The maximum atomic E-state index is 12.6. The van der Waals surface area contributed by atoms with E-state index in [1.807, 2.05) is 12.1 Å². The standard InChI is InChI=1S/C18H20N2O3S/c1-11-2-3-15(24-11)12-8-13-10-20(17(22)18(19)4-5-18)6-7-23-16(13)14(21)9-12/h2-3,8-9,21H,4-7,10,19H2,1H3.